The molecule has 19 heavy (non-hydrogen) atoms. The SMILES string of the molecule is CC(C)Oc1cccc(-c2cc(Cl)c(F)cc2O)c1. The van der Waals surface area contributed by atoms with Crippen LogP contribution in [0.15, 0.2) is 36.4 Å². The molecule has 2 aromatic rings. The number of phenolic OH excluding ortho intramolecular Hbond substituents is 1. The average Bonchev–Trinajstić information content (AvgIpc) is 2.33. The van der Waals surface area contributed by atoms with E-state index in [1.165, 1.54) is 6.07 Å². The minimum atomic E-state index is -0.641. The van der Waals surface area contributed by atoms with Crippen molar-refractivity contribution < 1.29 is 14.2 Å². The quantitative estimate of drug-likeness (QED) is 0.887. The fourth-order valence-electron chi connectivity index (χ4n) is 1.78. The van der Waals surface area contributed by atoms with E-state index in [2.05, 4.69) is 0 Å². The van der Waals surface area contributed by atoms with Gasteiger partial charge < -0.3 is 9.84 Å². The van der Waals surface area contributed by atoms with Crippen LogP contribution in [0.5, 0.6) is 11.5 Å². The van der Waals surface area contributed by atoms with Crippen LogP contribution >= 0.6 is 11.6 Å². The highest BCUT2D eigenvalue weighted by Gasteiger charge is 2.10. The molecule has 0 heterocycles. The number of phenols is 1. The minimum absolute atomic E-state index is 0.0250. The molecule has 0 unspecified atom stereocenters. The van der Waals surface area contributed by atoms with E-state index in [-0.39, 0.29) is 16.9 Å². The number of hydrogen-bond donors (Lipinski definition) is 1. The molecule has 0 aromatic heterocycles. The fourth-order valence-corrected chi connectivity index (χ4v) is 1.94. The van der Waals surface area contributed by atoms with Crippen molar-refractivity contribution >= 4 is 11.6 Å². The van der Waals surface area contributed by atoms with E-state index >= 15 is 0 Å². The third-order valence-corrected chi connectivity index (χ3v) is 2.85. The van der Waals surface area contributed by atoms with Crippen LogP contribution in [0.3, 0.4) is 0 Å². The second-order valence-corrected chi connectivity index (χ2v) is 4.89. The Labute approximate surface area is 116 Å². The molecule has 0 saturated heterocycles. The first-order chi connectivity index (χ1) is 8.97. The first kappa shape index (κ1) is 13.7. The normalized spacial score (nSPS) is 10.8. The summed E-state index contributed by atoms with van der Waals surface area (Å²) >= 11 is 5.74. The Kier molecular flexibility index (Phi) is 3.96. The predicted octanol–water partition coefficient (Wildman–Crippen LogP) is 4.64. The molecule has 0 saturated carbocycles. The summed E-state index contributed by atoms with van der Waals surface area (Å²) in [6.07, 6.45) is 0.0562. The summed E-state index contributed by atoms with van der Waals surface area (Å²) in [5, 5.41) is 9.78. The van der Waals surface area contributed by atoms with E-state index < -0.39 is 5.82 Å². The molecule has 2 nitrogen and oxygen atoms in total. The molecule has 0 amide bonds. The fraction of sp³-hybridized carbons (Fsp3) is 0.200. The van der Waals surface area contributed by atoms with Crippen molar-refractivity contribution in [3.05, 3.63) is 47.2 Å². The minimum Gasteiger partial charge on any atom is -0.507 e. The number of halogens is 2. The van der Waals surface area contributed by atoms with Crippen LogP contribution in [0.1, 0.15) is 13.8 Å². The zero-order valence-electron chi connectivity index (χ0n) is 10.7. The molecule has 0 bridgehead atoms. The lowest BCUT2D eigenvalue weighted by Gasteiger charge is -2.12. The summed E-state index contributed by atoms with van der Waals surface area (Å²) in [5.74, 6) is -0.103. The van der Waals surface area contributed by atoms with Gasteiger partial charge in [-0.25, -0.2) is 4.39 Å². The number of rotatable bonds is 3. The number of aromatic hydroxyl groups is 1. The highest BCUT2D eigenvalue weighted by Crippen LogP contribution is 2.34. The Hall–Kier alpha value is -1.74. The Bertz CT molecular complexity index is 597. The van der Waals surface area contributed by atoms with Crippen LogP contribution in [-0.2, 0) is 0 Å². The van der Waals surface area contributed by atoms with Gasteiger partial charge in [-0.15, -0.1) is 0 Å². The first-order valence-electron chi connectivity index (χ1n) is 5.92. The molecule has 0 aliphatic carbocycles. The molecule has 1 N–H and O–H groups in total. The van der Waals surface area contributed by atoms with Gasteiger partial charge in [0.1, 0.15) is 17.3 Å². The van der Waals surface area contributed by atoms with E-state index in [4.69, 9.17) is 16.3 Å². The second kappa shape index (κ2) is 5.49. The van der Waals surface area contributed by atoms with Gasteiger partial charge in [0, 0.05) is 11.6 Å². The maximum absolute atomic E-state index is 13.2. The lowest BCUT2D eigenvalue weighted by Crippen LogP contribution is -2.05. The van der Waals surface area contributed by atoms with E-state index in [0.717, 1.165) is 11.6 Å². The average molecular weight is 281 g/mol. The number of hydrogen-bond acceptors (Lipinski definition) is 2. The molecule has 0 aliphatic rings. The van der Waals surface area contributed by atoms with Crippen molar-refractivity contribution in [3.63, 3.8) is 0 Å². The van der Waals surface area contributed by atoms with Crippen LogP contribution in [0.4, 0.5) is 4.39 Å². The van der Waals surface area contributed by atoms with E-state index in [1.807, 2.05) is 26.0 Å². The van der Waals surface area contributed by atoms with Crippen molar-refractivity contribution in [1.29, 1.82) is 0 Å². The zero-order valence-corrected chi connectivity index (χ0v) is 11.4. The van der Waals surface area contributed by atoms with Crippen LogP contribution in [0.2, 0.25) is 5.02 Å². The molecule has 0 radical (unpaired) electrons. The predicted molar refractivity (Wildman–Crippen MR) is 74.3 cm³/mol. The molecule has 2 rings (SSSR count). The van der Waals surface area contributed by atoms with Crippen LogP contribution < -0.4 is 4.74 Å². The Balaban J connectivity index is 2.44. The topological polar surface area (TPSA) is 29.5 Å². The molecule has 100 valence electrons. The van der Waals surface area contributed by atoms with Gasteiger partial charge in [-0.3, -0.25) is 0 Å². The molecule has 0 atom stereocenters. The van der Waals surface area contributed by atoms with Crippen molar-refractivity contribution in [2.75, 3.05) is 0 Å². The first-order valence-corrected chi connectivity index (χ1v) is 6.30. The van der Waals surface area contributed by atoms with Crippen molar-refractivity contribution in [3.8, 4) is 22.6 Å². The van der Waals surface area contributed by atoms with Crippen LogP contribution in [0, 0.1) is 5.82 Å². The summed E-state index contributed by atoms with van der Waals surface area (Å²) in [4.78, 5) is 0. The third kappa shape index (κ3) is 3.18. The molecule has 4 heteroatoms. The van der Waals surface area contributed by atoms with Gasteiger partial charge in [-0.1, -0.05) is 23.7 Å². The van der Waals surface area contributed by atoms with Gasteiger partial charge in [-0.05, 0) is 37.6 Å². The summed E-state index contributed by atoms with van der Waals surface area (Å²) in [5.41, 5.74) is 1.19. The summed E-state index contributed by atoms with van der Waals surface area (Å²) in [7, 11) is 0. The van der Waals surface area contributed by atoms with E-state index in [1.54, 1.807) is 12.1 Å². The second-order valence-electron chi connectivity index (χ2n) is 4.48. The Morgan fingerprint density at radius 3 is 2.63 bits per heavy atom. The highest BCUT2D eigenvalue weighted by atomic mass is 35.5. The number of benzene rings is 2. The maximum Gasteiger partial charge on any atom is 0.145 e. The molecule has 0 aliphatic heterocycles. The van der Waals surface area contributed by atoms with E-state index in [9.17, 15) is 9.50 Å². The van der Waals surface area contributed by atoms with Gasteiger partial charge >= 0.3 is 0 Å². The lowest BCUT2D eigenvalue weighted by molar-refractivity contribution is 0.242. The molecule has 2 aromatic carbocycles. The Morgan fingerprint density at radius 1 is 1.21 bits per heavy atom. The number of ether oxygens (including phenoxy) is 1. The lowest BCUT2D eigenvalue weighted by atomic mass is 10.0. The van der Waals surface area contributed by atoms with Crippen LogP contribution in [0.25, 0.3) is 11.1 Å². The van der Waals surface area contributed by atoms with Crippen molar-refractivity contribution in [1.82, 2.24) is 0 Å². The summed E-state index contributed by atoms with van der Waals surface area (Å²) in [6, 6.07) is 9.63. The van der Waals surface area contributed by atoms with E-state index in [0.29, 0.717) is 11.3 Å². The van der Waals surface area contributed by atoms with Crippen LogP contribution in [-0.4, -0.2) is 11.2 Å². The molecule has 0 fully saturated rings. The maximum atomic E-state index is 13.2. The summed E-state index contributed by atoms with van der Waals surface area (Å²) < 4.78 is 18.8. The van der Waals surface area contributed by atoms with Gasteiger partial charge in [0.15, 0.2) is 0 Å². The molecule has 0 spiro atoms. The smallest absolute Gasteiger partial charge is 0.145 e. The van der Waals surface area contributed by atoms with Gasteiger partial charge in [0.2, 0.25) is 0 Å². The summed E-state index contributed by atoms with van der Waals surface area (Å²) in [6.45, 7) is 3.86. The largest absolute Gasteiger partial charge is 0.507 e. The Morgan fingerprint density at radius 2 is 1.95 bits per heavy atom. The molecular formula is C15H14ClFO2. The third-order valence-electron chi connectivity index (χ3n) is 2.56. The van der Waals surface area contributed by atoms with Gasteiger partial charge in [0.05, 0.1) is 11.1 Å². The van der Waals surface area contributed by atoms with Gasteiger partial charge in [0.25, 0.3) is 0 Å². The highest BCUT2D eigenvalue weighted by molar-refractivity contribution is 6.31. The van der Waals surface area contributed by atoms with Crippen molar-refractivity contribution in [2.45, 2.75) is 20.0 Å². The molecular weight excluding hydrogens is 267 g/mol. The zero-order chi connectivity index (χ0) is 14.0. The standard InChI is InChI=1S/C15H14ClFO2/c1-9(2)19-11-5-3-4-10(6-11)12-7-13(16)14(17)8-15(12)18/h3-9,18H,1-2H3. The monoisotopic (exact) mass is 280 g/mol. The van der Waals surface area contributed by atoms with Gasteiger partial charge in [-0.2, -0.15) is 0 Å². The van der Waals surface area contributed by atoms with Crippen molar-refractivity contribution in [2.24, 2.45) is 0 Å².